The van der Waals surface area contributed by atoms with E-state index in [1.807, 2.05) is 0 Å². The van der Waals surface area contributed by atoms with Crippen molar-refractivity contribution in [3.63, 3.8) is 0 Å². The lowest BCUT2D eigenvalue weighted by Crippen LogP contribution is -2.33. The normalized spacial score (nSPS) is 23.1. The Morgan fingerprint density at radius 2 is 2.23 bits per heavy atom. The molecule has 0 aromatic heterocycles. The zero-order valence-corrected chi connectivity index (χ0v) is 12.7. The van der Waals surface area contributed by atoms with Crippen LogP contribution in [0.2, 0.25) is 0 Å². The highest BCUT2D eigenvalue weighted by atomic mass is 32.2. The van der Waals surface area contributed by atoms with Crippen molar-refractivity contribution in [2.75, 3.05) is 35.1 Å². The van der Waals surface area contributed by atoms with Crippen LogP contribution in [0.5, 0.6) is 0 Å². The summed E-state index contributed by atoms with van der Waals surface area (Å²) in [6, 6.07) is 4.46. The summed E-state index contributed by atoms with van der Waals surface area (Å²) < 4.78 is 30.3. The predicted octanol–water partition coefficient (Wildman–Crippen LogP) is 1.34. The predicted molar refractivity (Wildman–Crippen MR) is 81.7 cm³/mol. The summed E-state index contributed by atoms with van der Waals surface area (Å²) in [4.78, 5) is 10.7. The molecular formula is C13H17N3O5S. The molecule has 0 radical (unpaired) electrons. The third-order valence-corrected chi connectivity index (χ3v) is 5.75. The van der Waals surface area contributed by atoms with E-state index in [2.05, 4.69) is 5.32 Å². The van der Waals surface area contributed by atoms with Gasteiger partial charge in [-0.1, -0.05) is 0 Å². The number of hydrogen-bond acceptors (Lipinski definition) is 6. The van der Waals surface area contributed by atoms with Crippen LogP contribution in [0.15, 0.2) is 18.2 Å². The minimum atomic E-state index is -3.35. The second kappa shape index (κ2) is 5.73. The molecule has 1 atom stereocenters. The Labute approximate surface area is 128 Å². The monoisotopic (exact) mass is 327 g/mol. The number of nitro benzene ring substituents is 1. The molecule has 2 saturated heterocycles. The number of ether oxygens (including phenoxy) is 1. The Morgan fingerprint density at radius 3 is 2.77 bits per heavy atom. The third kappa shape index (κ3) is 2.86. The minimum absolute atomic E-state index is 0.0817. The van der Waals surface area contributed by atoms with Crippen LogP contribution in [0.1, 0.15) is 12.8 Å². The summed E-state index contributed by atoms with van der Waals surface area (Å²) in [5, 5.41) is 14.2. The minimum Gasteiger partial charge on any atom is -0.377 e. The van der Waals surface area contributed by atoms with Crippen molar-refractivity contribution in [1.82, 2.24) is 0 Å². The first-order valence-electron chi connectivity index (χ1n) is 7.12. The molecule has 3 rings (SSSR count). The van der Waals surface area contributed by atoms with Gasteiger partial charge in [-0.2, -0.15) is 0 Å². The molecule has 9 heteroatoms. The Bertz CT molecular complexity index is 687. The summed E-state index contributed by atoms with van der Waals surface area (Å²) in [7, 11) is -3.35. The number of rotatable bonds is 5. The van der Waals surface area contributed by atoms with Crippen LogP contribution in [0, 0.1) is 10.1 Å². The average Bonchev–Trinajstić information content (AvgIpc) is 2.76. The largest absolute Gasteiger partial charge is 0.377 e. The molecule has 120 valence electrons. The average molecular weight is 327 g/mol. The molecule has 1 aromatic rings. The highest BCUT2D eigenvalue weighted by molar-refractivity contribution is 7.93. The van der Waals surface area contributed by atoms with E-state index in [1.54, 1.807) is 12.1 Å². The zero-order chi connectivity index (χ0) is 15.7. The second-order valence-electron chi connectivity index (χ2n) is 5.36. The van der Waals surface area contributed by atoms with Crippen LogP contribution in [0.25, 0.3) is 0 Å². The highest BCUT2D eigenvalue weighted by Gasteiger charge is 2.30. The Kier molecular flexibility index (Phi) is 3.92. The standard InChI is InChI=1S/C13H17N3O5S/c17-16(18)13-8-10(15-5-1-7-22(15,19)20)2-3-12(13)14-9-11-4-6-21-11/h2-3,8,11,14H,1,4-7,9H2/t11-/m0/s1. The first-order chi connectivity index (χ1) is 10.5. The molecule has 0 unspecified atom stereocenters. The molecule has 22 heavy (non-hydrogen) atoms. The molecule has 2 heterocycles. The highest BCUT2D eigenvalue weighted by Crippen LogP contribution is 2.33. The van der Waals surface area contributed by atoms with Crippen molar-refractivity contribution in [2.24, 2.45) is 0 Å². The Hall–Kier alpha value is -1.87. The van der Waals surface area contributed by atoms with Crippen LogP contribution in [0.4, 0.5) is 17.1 Å². The number of hydrogen-bond donors (Lipinski definition) is 1. The molecule has 1 N–H and O–H groups in total. The summed E-state index contributed by atoms with van der Waals surface area (Å²) in [5.41, 5.74) is 0.592. The van der Waals surface area contributed by atoms with Crippen molar-refractivity contribution in [3.05, 3.63) is 28.3 Å². The molecule has 0 saturated carbocycles. The topological polar surface area (TPSA) is 102 Å². The van der Waals surface area contributed by atoms with E-state index in [-0.39, 0.29) is 17.5 Å². The van der Waals surface area contributed by atoms with Gasteiger partial charge in [-0.25, -0.2) is 8.42 Å². The first kappa shape index (κ1) is 15.0. The van der Waals surface area contributed by atoms with Crippen molar-refractivity contribution in [3.8, 4) is 0 Å². The fourth-order valence-electron chi connectivity index (χ4n) is 2.57. The molecule has 2 aliphatic rings. The zero-order valence-electron chi connectivity index (χ0n) is 11.9. The molecular weight excluding hydrogens is 310 g/mol. The van der Waals surface area contributed by atoms with Gasteiger partial charge in [0.1, 0.15) is 5.69 Å². The molecule has 8 nitrogen and oxygen atoms in total. The first-order valence-corrected chi connectivity index (χ1v) is 8.72. The molecule has 2 aliphatic heterocycles. The van der Waals surface area contributed by atoms with Crippen LogP contribution in [-0.2, 0) is 14.8 Å². The summed E-state index contributed by atoms with van der Waals surface area (Å²) in [5.74, 6) is 0.0832. The number of nitrogens with zero attached hydrogens (tertiary/aromatic N) is 2. The maximum atomic E-state index is 11.9. The van der Waals surface area contributed by atoms with Gasteiger partial charge in [0.25, 0.3) is 5.69 Å². The van der Waals surface area contributed by atoms with Crippen molar-refractivity contribution in [2.45, 2.75) is 18.9 Å². The van der Waals surface area contributed by atoms with Gasteiger partial charge in [-0.15, -0.1) is 0 Å². The maximum absolute atomic E-state index is 11.9. The molecule has 0 aliphatic carbocycles. The number of sulfonamides is 1. The molecule has 1 aromatic carbocycles. The third-order valence-electron chi connectivity index (χ3n) is 3.88. The van der Waals surface area contributed by atoms with E-state index in [0.29, 0.717) is 30.9 Å². The summed E-state index contributed by atoms with van der Waals surface area (Å²) >= 11 is 0. The van der Waals surface area contributed by atoms with Crippen LogP contribution in [-0.4, -0.2) is 44.9 Å². The van der Waals surface area contributed by atoms with Crippen molar-refractivity contribution >= 4 is 27.1 Å². The van der Waals surface area contributed by atoms with Gasteiger partial charge in [-0.3, -0.25) is 14.4 Å². The fraction of sp³-hybridized carbons (Fsp3) is 0.538. The van der Waals surface area contributed by atoms with Crippen molar-refractivity contribution < 1.29 is 18.1 Å². The van der Waals surface area contributed by atoms with E-state index in [0.717, 1.165) is 13.0 Å². The smallest absolute Gasteiger partial charge is 0.294 e. The van der Waals surface area contributed by atoms with E-state index < -0.39 is 14.9 Å². The van der Waals surface area contributed by atoms with Gasteiger partial charge in [0, 0.05) is 25.8 Å². The summed E-state index contributed by atoms with van der Waals surface area (Å²) in [6.07, 6.45) is 1.55. The fourth-order valence-corrected chi connectivity index (χ4v) is 4.13. The lowest BCUT2D eigenvalue weighted by Gasteiger charge is -2.26. The number of anilines is 2. The van der Waals surface area contributed by atoms with E-state index in [9.17, 15) is 18.5 Å². The van der Waals surface area contributed by atoms with Gasteiger partial charge in [-0.05, 0) is 25.0 Å². The molecule has 0 amide bonds. The number of benzene rings is 1. The van der Waals surface area contributed by atoms with Gasteiger partial charge >= 0.3 is 0 Å². The van der Waals surface area contributed by atoms with Crippen LogP contribution < -0.4 is 9.62 Å². The maximum Gasteiger partial charge on any atom is 0.294 e. The Balaban J connectivity index is 1.84. The molecule has 0 spiro atoms. The van der Waals surface area contributed by atoms with Crippen molar-refractivity contribution in [1.29, 1.82) is 0 Å². The van der Waals surface area contributed by atoms with E-state index in [1.165, 1.54) is 10.4 Å². The van der Waals surface area contributed by atoms with Crippen LogP contribution in [0.3, 0.4) is 0 Å². The second-order valence-corrected chi connectivity index (χ2v) is 7.38. The molecule has 2 fully saturated rings. The summed E-state index contributed by atoms with van der Waals surface area (Å²) in [6.45, 7) is 1.59. The van der Waals surface area contributed by atoms with Gasteiger partial charge in [0.15, 0.2) is 0 Å². The SMILES string of the molecule is O=[N+]([O-])c1cc(N2CCCS2(=O)=O)ccc1NC[C@@H]1CCO1. The lowest BCUT2D eigenvalue weighted by atomic mass is 10.1. The van der Waals surface area contributed by atoms with Gasteiger partial charge in [0.2, 0.25) is 10.0 Å². The van der Waals surface area contributed by atoms with E-state index >= 15 is 0 Å². The number of nitrogens with one attached hydrogen (secondary N) is 1. The molecule has 0 bridgehead atoms. The Morgan fingerprint density at radius 1 is 1.45 bits per heavy atom. The van der Waals surface area contributed by atoms with Gasteiger partial charge in [0.05, 0.1) is 22.5 Å². The van der Waals surface area contributed by atoms with Crippen LogP contribution >= 0.6 is 0 Å². The lowest BCUT2D eigenvalue weighted by molar-refractivity contribution is -0.383. The number of nitro groups is 1. The van der Waals surface area contributed by atoms with Gasteiger partial charge < -0.3 is 10.1 Å². The van der Waals surface area contributed by atoms with E-state index in [4.69, 9.17) is 4.74 Å². The quantitative estimate of drug-likeness (QED) is 0.647.